The fourth-order valence-electron chi connectivity index (χ4n) is 2.13. The lowest BCUT2D eigenvalue weighted by Gasteiger charge is -2.11. The Labute approximate surface area is 176 Å². The van der Waals surface area contributed by atoms with Crippen molar-refractivity contribution in [2.24, 2.45) is 10.1 Å². The van der Waals surface area contributed by atoms with Crippen LogP contribution in [0, 0.1) is 0 Å². The molecule has 0 heterocycles. The van der Waals surface area contributed by atoms with Crippen LogP contribution >= 0.6 is 35.6 Å². The summed E-state index contributed by atoms with van der Waals surface area (Å²) in [5, 5.41) is 12.1. The molecule has 0 aliphatic heterocycles. The number of guanidine groups is 1. The molecule has 2 rings (SSSR count). The average molecular weight is 509 g/mol. The highest BCUT2D eigenvalue weighted by molar-refractivity contribution is 14.0. The molecule has 0 aliphatic carbocycles. The Kier molecular flexibility index (Phi) is 9.34. The van der Waals surface area contributed by atoms with Crippen LogP contribution in [0.4, 0.5) is 0 Å². The van der Waals surface area contributed by atoms with Crippen LogP contribution in [0.5, 0.6) is 0 Å². The van der Waals surface area contributed by atoms with E-state index in [1.165, 1.54) is 12.1 Å². The van der Waals surface area contributed by atoms with Gasteiger partial charge in [0, 0.05) is 18.1 Å². The summed E-state index contributed by atoms with van der Waals surface area (Å²) in [7, 11) is -3.67. The highest BCUT2D eigenvalue weighted by Gasteiger charge is 2.07. The van der Waals surface area contributed by atoms with Crippen molar-refractivity contribution in [1.82, 2.24) is 10.6 Å². The van der Waals surface area contributed by atoms with E-state index in [1.54, 1.807) is 12.1 Å². The van der Waals surface area contributed by atoms with E-state index in [0.29, 0.717) is 24.1 Å². The van der Waals surface area contributed by atoms with Gasteiger partial charge in [0.25, 0.3) is 0 Å². The van der Waals surface area contributed by atoms with Crippen LogP contribution in [-0.2, 0) is 23.1 Å². The molecular formula is C17H22ClIN4O2S. The Balaban J connectivity index is 0.00000338. The molecule has 0 radical (unpaired) electrons. The molecule has 6 nitrogen and oxygen atoms in total. The molecule has 0 aliphatic rings. The second-order valence-corrected chi connectivity index (χ2v) is 7.37. The van der Waals surface area contributed by atoms with Gasteiger partial charge < -0.3 is 10.6 Å². The third kappa shape index (κ3) is 7.48. The van der Waals surface area contributed by atoms with E-state index < -0.39 is 10.0 Å². The van der Waals surface area contributed by atoms with Gasteiger partial charge in [-0.05, 0) is 42.3 Å². The Bertz CT molecular complexity index is 842. The standard InChI is InChI=1S/C17H21ClN4O2S.HI/c1-2-20-17(22-12-14-4-3-5-15(18)10-14)21-11-13-6-8-16(9-7-13)25(19,23)24;/h3-10H,2,11-12H2,1H3,(H2,19,23,24)(H2,20,21,22);1H. The molecule has 9 heteroatoms. The average Bonchev–Trinajstić information content (AvgIpc) is 2.57. The molecule has 2 aromatic carbocycles. The maximum Gasteiger partial charge on any atom is 0.238 e. The van der Waals surface area contributed by atoms with Gasteiger partial charge in [-0.2, -0.15) is 0 Å². The highest BCUT2D eigenvalue weighted by Crippen LogP contribution is 2.11. The summed E-state index contributed by atoms with van der Waals surface area (Å²) < 4.78 is 22.5. The van der Waals surface area contributed by atoms with Crippen molar-refractivity contribution < 1.29 is 8.42 Å². The molecule has 0 fully saturated rings. The Morgan fingerprint density at radius 3 is 2.38 bits per heavy atom. The fourth-order valence-corrected chi connectivity index (χ4v) is 2.86. The summed E-state index contributed by atoms with van der Waals surface area (Å²) in [4.78, 5) is 4.61. The normalized spacial score (nSPS) is 11.6. The maximum absolute atomic E-state index is 11.3. The minimum Gasteiger partial charge on any atom is -0.357 e. The van der Waals surface area contributed by atoms with Crippen LogP contribution in [0.25, 0.3) is 0 Å². The van der Waals surface area contributed by atoms with E-state index in [-0.39, 0.29) is 28.9 Å². The topological polar surface area (TPSA) is 96.6 Å². The first-order valence-electron chi connectivity index (χ1n) is 7.77. The fraction of sp³-hybridized carbons (Fsp3) is 0.235. The maximum atomic E-state index is 11.3. The van der Waals surface area contributed by atoms with Crippen LogP contribution in [0.2, 0.25) is 5.02 Å². The van der Waals surface area contributed by atoms with Crippen molar-refractivity contribution in [3.8, 4) is 0 Å². The van der Waals surface area contributed by atoms with Gasteiger partial charge in [0.1, 0.15) is 0 Å². The summed E-state index contributed by atoms with van der Waals surface area (Å²) in [6, 6.07) is 14.0. The molecule has 0 amide bonds. The molecule has 142 valence electrons. The Morgan fingerprint density at radius 1 is 1.12 bits per heavy atom. The summed E-state index contributed by atoms with van der Waals surface area (Å²) in [5.41, 5.74) is 1.93. The lowest BCUT2D eigenvalue weighted by Crippen LogP contribution is -2.36. The molecule has 0 unspecified atom stereocenters. The first kappa shape index (κ1) is 22.7. The number of rotatable bonds is 6. The predicted molar refractivity (Wildman–Crippen MR) is 116 cm³/mol. The predicted octanol–water partition coefficient (Wildman–Crippen LogP) is 2.86. The number of aliphatic imine (C=N–C) groups is 1. The number of halogens is 2. The zero-order chi connectivity index (χ0) is 18.3. The number of benzene rings is 2. The van der Waals surface area contributed by atoms with Crippen molar-refractivity contribution in [3.05, 3.63) is 64.7 Å². The largest absolute Gasteiger partial charge is 0.357 e. The Hall–Kier alpha value is -1.36. The van der Waals surface area contributed by atoms with Gasteiger partial charge in [0.2, 0.25) is 10.0 Å². The van der Waals surface area contributed by atoms with Crippen molar-refractivity contribution in [3.63, 3.8) is 0 Å². The number of nitrogens with two attached hydrogens (primary N) is 1. The number of hydrogen-bond acceptors (Lipinski definition) is 3. The molecule has 0 saturated carbocycles. The monoisotopic (exact) mass is 508 g/mol. The third-order valence-electron chi connectivity index (χ3n) is 3.36. The number of hydrogen-bond donors (Lipinski definition) is 3. The SMILES string of the molecule is CCNC(=NCc1cccc(Cl)c1)NCc1ccc(S(N)(=O)=O)cc1.I. The number of nitrogens with zero attached hydrogens (tertiary/aromatic N) is 1. The van der Waals surface area contributed by atoms with E-state index in [0.717, 1.165) is 17.7 Å². The van der Waals surface area contributed by atoms with Crippen LogP contribution in [0.3, 0.4) is 0 Å². The van der Waals surface area contributed by atoms with E-state index >= 15 is 0 Å². The molecule has 4 N–H and O–H groups in total. The van der Waals surface area contributed by atoms with Crippen LogP contribution in [0.1, 0.15) is 18.1 Å². The van der Waals surface area contributed by atoms with Crippen molar-refractivity contribution in [2.75, 3.05) is 6.54 Å². The van der Waals surface area contributed by atoms with Gasteiger partial charge in [-0.3, -0.25) is 0 Å². The van der Waals surface area contributed by atoms with Gasteiger partial charge >= 0.3 is 0 Å². The minimum absolute atomic E-state index is 0. The van der Waals surface area contributed by atoms with Crippen LogP contribution in [-0.4, -0.2) is 20.9 Å². The molecule has 2 aromatic rings. The number of nitrogens with one attached hydrogen (secondary N) is 2. The molecule has 0 bridgehead atoms. The second-order valence-electron chi connectivity index (χ2n) is 5.37. The molecule has 0 saturated heterocycles. The lowest BCUT2D eigenvalue weighted by molar-refractivity contribution is 0.597. The van der Waals surface area contributed by atoms with Crippen molar-refractivity contribution >= 4 is 51.6 Å². The summed E-state index contributed by atoms with van der Waals surface area (Å²) in [6.07, 6.45) is 0. The van der Waals surface area contributed by atoms with Gasteiger partial charge in [0.05, 0.1) is 11.4 Å². The smallest absolute Gasteiger partial charge is 0.238 e. The zero-order valence-corrected chi connectivity index (χ0v) is 18.2. The zero-order valence-electron chi connectivity index (χ0n) is 14.3. The van der Waals surface area contributed by atoms with Gasteiger partial charge in [-0.1, -0.05) is 35.9 Å². The van der Waals surface area contributed by atoms with Gasteiger partial charge in [0.15, 0.2) is 5.96 Å². The molecular weight excluding hydrogens is 487 g/mol. The molecule has 0 aromatic heterocycles. The van der Waals surface area contributed by atoms with Crippen molar-refractivity contribution in [1.29, 1.82) is 0 Å². The number of primary sulfonamides is 1. The van der Waals surface area contributed by atoms with Crippen LogP contribution in [0.15, 0.2) is 58.4 Å². The third-order valence-corrected chi connectivity index (χ3v) is 4.53. The molecule has 0 atom stereocenters. The molecule has 26 heavy (non-hydrogen) atoms. The minimum atomic E-state index is -3.67. The van der Waals surface area contributed by atoms with Crippen LogP contribution < -0.4 is 15.8 Å². The molecule has 0 spiro atoms. The van der Waals surface area contributed by atoms with Gasteiger partial charge in [-0.15, -0.1) is 24.0 Å². The quantitative estimate of drug-likeness (QED) is 0.318. The van der Waals surface area contributed by atoms with Crippen molar-refractivity contribution in [2.45, 2.75) is 24.9 Å². The Morgan fingerprint density at radius 2 is 1.81 bits per heavy atom. The summed E-state index contributed by atoms with van der Waals surface area (Å²) in [6.45, 7) is 3.72. The first-order valence-corrected chi connectivity index (χ1v) is 9.69. The van der Waals surface area contributed by atoms with E-state index in [1.807, 2.05) is 31.2 Å². The lowest BCUT2D eigenvalue weighted by atomic mass is 10.2. The second kappa shape index (κ2) is 10.7. The summed E-state index contributed by atoms with van der Waals surface area (Å²) in [5.74, 6) is 0.665. The van der Waals surface area contributed by atoms with E-state index in [2.05, 4.69) is 15.6 Å². The highest BCUT2D eigenvalue weighted by atomic mass is 127. The number of sulfonamides is 1. The summed E-state index contributed by atoms with van der Waals surface area (Å²) >= 11 is 5.98. The first-order chi connectivity index (χ1) is 11.9. The van der Waals surface area contributed by atoms with Gasteiger partial charge in [-0.25, -0.2) is 18.5 Å². The van der Waals surface area contributed by atoms with E-state index in [4.69, 9.17) is 16.7 Å². The van der Waals surface area contributed by atoms with E-state index in [9.17, 15) is 8.42 Å².